The van der Waals surface area contributed by atoms with E-state index in [1.54, 1.807) is 41.4 Å². The fourth-order valence-electron chi connectivity index (χ4n) is 3.68. The van der Waals surface area contributed by atoms with Gasteiger partial charge in [0.1, 0.15) is 0 Å². The first-order valence-electron chi connectivity index (χ1n) is 10.7. The van der Waals surface area contributed by atoms with E-state index in [1.165, 1.54) is 11.3 Å². The summed E-state index contributed by atoms with van der Waals surface area (Å²) in [6.07, 6.45) is 2.03. The SMILES string of the molecule is Cc1cc(C)c2nc(N(Cc3ccccn3)C(=O)CCCS(=O)(=O)c3ccccc3)sc2c1. The molecule has 0 unspecified atom stereocenters. The van der Waals surface area contributed by atoms with Gasteiger partial charge >= 0.3 is 0 Å². The molecule has 1 amide bonds. The summed E-state index contributed by atoms with van der Waals surface area (Å²) in [6.45, 7) is 4.33. The summed E-state index contributed by atoms with van der Waals surface area (Å²) in [4.78, 5) is 24.3. The number of hydrogen-bond acceptors (Lipinski definition) is 6. The maximum atomic E-state index is 13.3. The Labute approximate surface area is 197 Å². The molecule has 0 atom stereocenters. The summed E-state index contributed by atoms with van der Waals surface area (Å²) in [5, 5.41) is 0.597. The number of sulfone groups is 1. The van der Waals surface area contributed by atoms with Crippen molar-refractivity contribution in [3.8, 4) is 0 Å². The number of benzene rings is 2. The van der Waals surface area contributed by atoms with Crippen molar-refractivity contribution < 1.29 is 13.2 Å². The average molecular weight is 480 g/mol. The number of aromatic nitrogens is 2. The summed E-state index contributed by atoms with van der Waals surface area (Å²) in [5.41, 5.74) is 3.83. The molecule has 0 fully saturated rings. The quantitative estimate of drug-likeness (QED) is 0.351. The Morgan fingerprint density at radius 3 is 2.52 bits per heavy atom. The molecule has 4 rings (SSSR count). The van der Waals surface area contributed by atoms with Gasteiger partial charge in [-0.25, -0.2) is 13.4 Å². The van der Waals surface area contributed by atoms with Crippen LogP contribution < -0.4 is 4.90 Å². The Bertz CT molecular complexity index is 1370. The predicted octanol–water partition coefficient (Wildman–Crippen LogP) is 5.10. The molecule has 2 heterocycles. The molecule has 0 radical (unpaired) electrons. The smallest absolute Gasteiger partial charge is 0.229 e. The average Bonchev–Trinajstić information content (AvgIpc) is 3.22. The zero-order valence-electron chi connectivity index (χ0n) is 18.6. The highest BCUT2D eigenvalue weighted by atomic mass is 32.2. The van der Waals surface area contributed by atoms with Crippen molar-refractivity contribution >= 4 is 42.4 Å². The lowest BCUT2D eigenvalue weighted by Gasteiger charge is -2.19. The van der Waals surface area contributed by atoms with Gasteiger partial charge in [0.15, 0.2) is 15.0 Å². The molecule has 0 aliphatic heterocycles. The number of carbonyl (C=O) groups is 1. The van der Waals surface area contributed by atoms with E-state index in [0.717, 1.165) is 27.0 Å². The number of fused-ring (bicyclic) bond motifs is 1. The number of pyridine rings is 1. The van der Waals surface area contributed by atoms with Crippen LogP contribution in [0.1, 0.15) is 29.7 Å². The van der Waals surface area contributed by atoms with Crippen LogP contribution in [0, 0.1) is 13.8 Å². The molecular weight excluding hydrogens is 454 g/mol. The molecular formula is C25H25N3O3S2. The molecule has 0 saturated carbocycles. The van der Waals surface area contributed by atoms with Crippen LogP contribution in [0.2, 0.25) is 0 Å². The maximum absolute atomic E-state index is 13.3. The van der Waals surface area contributed by atoms with E-state index in [2.05, 4.69) is 17.1 Å². The van der Waals surface area contributed by atoms with Crippen molar-refractivity contribution in [3.63, 3.8) is 0 Å². The Morgan fingerprint density at radius 2 is 1.79 bits per heavy atom. The minimum Gasteiger partial charge on any atom is -0.282 e. The third kappa shape index (κ3) is 5.46. The van der Waals surface area contributed by atoms with Gasteiger partial charge in [-0.1, -0.05) is 41.7 Å². The van der Waals surface area contributed by atoms with E-state index in [4.69, 9.17) is 4.98 Å². The molecule has 170 valence electrons. The van der Waals surface area contributed by atoms with Crippen LogP contribution in [0.5, 0.6) is 0 Å². The second-order valence-corrected chi connectivity index (χ2v) is 11.1. The number of amides is 1. The number of anilines is 1. The van der Waals surface area contributed by atoms with E-state index < -0.39 is 9.84 Å². The number of rotatable bonds is 8. The Morgan fingerprint density at radius 1 is 1.03 bits per heavy atom. The Balaban J connectivity index is 1.56. The van der Waals surface area contributed by atoms with Crippen LogP contribution >= 0.6 is 11.3 Å². The molecule has 33 heavy (non-hydrogen) atoms. The normalized spacial score (nSPS) is 11.6. The zero-order chi connectivity index (χ0) is 23.4. The first kappa shape index (κ1) is 23.1. The van der Waals surface area contributed by atoms with Gasteiger partial charge in [0, 0.05) is 12.6 Å². The fourth-order valence-corrected chi connectivity index (χ4v) is 6.17. The van der Waals surface area contributed by atoms with Crippen molar-refractivity contribution in [2.24, 2.45) is 0 Å². The van der Waals surface area contributed by atoms with Crippen LogP contribution in [-0.2, 0) is 21.2 Å². The van der Waals surface area contributed by atoms with E-state index in [1.807, 2.05) is 32.0 Å². The molecule has 0 aliphatic rings. The Kier molecular flexibility index (Phi) is 6.85. The molecule has 0 bridgehead atoms. The second kappa shape index (κ2) is 9.80. The molecule has 0 spiro atoms. The number of carbonyl (C=O) groups excluding carboxylic acids is 1. The molecule has 2 aromatic heterocycles. The molecule has 0 aliphatic carbocycles. The zero-order valence-corrected chi connectivity index (χ0v) is 20.2. The summed E-state index contributed by atoms with van der Waals surface area (Å²) in [7, 11) is -3.43. The first-order chi connectivity index (χ1) is 15.8. The van der Waals surface area contributed by atoms with Gasteiger partial charge in [-0.2, -0.15) is 0 Å². The molecule has 4 aromatic rings. The van der Waals surface area contributed by atoms with Crippen molar-refractivity contribution in [2.75, 3.05) is 10.7 Å². The van der Waals surface area contributed by atoms with Gasteiger partial charge < -0.3 is 0 Å². The second-order valence-electron chi connectivity index (χ2n) is 7.96. The van der Waals surface area contributed by atoms with Gasteiger partial charge in [-0.3, -0.25) is 14.7 Å². The minimum absolute atomic E-state index is 0.0850. The third-order valence-electron chi connectivity index (χ3n) is 5.30. The minimum atomic E-state index is -3.43. The van der Waals surface area contributed by atoms with E-state index in [9.17, 15) is 13.2 Å². The Hall–Kier alpha value is -3.10. The predicted molar refractivity (Wildman–Crippen MR) is 132 cm³/mol. The van der Waals surface area contributed by atoms with Crippen molar-refractivity contribution in [2.45, 2.75) is 38.1 Å². The van der Waals surface area contributed by atoms with Gasteiger partial charge in [0.05, 0.1) is 33.1 Å². The summed E-state index contributed by atoms with van der Waals surface area (Å²) in [6, 6.07) is 18.0. The topological polar surface area (TPSA) is 80.2 Å². The number of aryl methyl sites for hydroxylation is 2. The molecule has 6 nitrogen and oxygen atoms in total. The summed E-state index contributed by atoms with van der Waals surface area (Å²) >= 11 is 1.47. The molecule has 2 aromatic carbocycles. The van der Waals surface area contributed by atoms with E-state index in [-0.39, 0.29) is 35.9 Å². The molecule has 0 N–H and O–H groups in total. The monoisotopic (exact) mass is 479 g/mol. The van der Waals surface area contributed by atoms with Gasteiger partial charge in [-0.15, -0.1) is 0 Å². The van der Waals surface area contributed by atoms with Crippen LogP contribution in [0.4, 0.5) is 5.13 Å². The molecule has 8 heteroatoms. The highest BCUT2D eigenvalue weighted by Gasteiger charge is 2.22. The standard InChI is InChI=1S/C25H25N3O3S2/c1-18-15-19(2)24-22(16-18)32-25(27-24)28(17-20-9-6-7-13-26-20)23(29)12-8-14-33(30,31)21-10-4-3-5-11-21/h3-7,9-11,13,15-16H,8,12,14,17H2,1-2H3. The number of hydrogen-bond donors (Lipinski definition) is 0. The van der Waals surface area contributed by atoms with Crippen LogP contribution in [0.25, 0.3) is 10.2 Å². The largest absolute Gasteiger partial charge is 0.282 e. The summed E-state index contributed by atoms with van der Waals surface area (Å²) in [5.74, 6) is -0.254. The lowest BCUT2D eigenvalue weighted by Crippen LogP contribution is -2.30. The fraction of sp³-hybridized carbons (Fsp3) is 0.240. The van der Waals surface area contributed by atoms with Crippen LogP contribution in [0.3, 0.4) is 0 Å². The summed E-state index contributed by atoms with van der Waals surface area (Å²) < 4.78 is 26.2. The van der Waals surface area contributed by atoms with Crippen LogP contribution in [0.15, 0.2) is 71.8 Å². The van der Waals surface area contributed by atoms with E-state index in [0.29, 0.717) is 5.13 Å². The van der Waals surface area contributed by atoms with Crippen molar-refractivity contribution in [1.82, 2.24) is 9.97 Å². The first-order valence-corrected chi connectivity index (χ1v) is 13.2. The van der Waals surface area contributed by atoms with Crippen molar-refractivity contribution in [3.05, 3.63) is 83.7 Å². The molecule has 0 saturated heterocycles. The third-order valence-corrected chi connectivity index (χ3v) is 8.14. The lowest BCUT2D eigenvalue weighted by molar-refractivity contribution is -0.118. The van der Waals surface area contributed by atoms with Crippen molar-refractivity contribution in [1.29, 1.82) is 0 Å². The number of nitrogens with zero attached hydrogens (tertiary/aromatic N) is 3. The highest BCUT2D eigenvalue weighted by molar-refractivity contribution is 7.91. The van der Waals surface area contributed by atoms with Gasteiger partial charge in [-0.05, 0) is 61.7 Å². The van der Waals surface area contributed by atoms with E-state index >= 15 is 0 Å². The lowest BCUT2D eigenvalue weighted by atomic mass is 10.1. The van der Waals surface area contributed by atoms with Crippen LogP contribution in [-0.4, -0.2) is 30.0 Å². The van der Waals surface area contributed by atoms with Gasteiger partial charge in [0.25, 0.3) is 0 Å². The van der Waals surface area contributed by atoms with Gasteiger partial charge in [0.2, 0.25) is 5.91 Å². The number of thiazole rings is 1. The highest BCUT2D eigenvalue weighted by Crippen LogP contribution is 2.32. The maximum Gasteiger partial charge on any atom is 0.229 e.